The second kappa shape index (κ2) is 9.55. The Morgan fingerprint density at radius 2 is 1.91 bits per heavy atom. The largest absolute Gasteiger partial charge is 0.369 e. The normalized spacial score (nSPS) is 19.9. The van der Waals surface area contributed by atoms with E-state index in [0.717, 1.165) is 37.4 Å². The van der Waals surface area contributed by atoms with E-state index in [1.54, 1.807) is 18.6 Å². The fourth-order valence-corrected chi connectivity index (χ4v) is 4.31. The second-order valence-electron chi connectivity index (χ2n) is 8.61. The molecule has 2 aliphatic heterocycles. The molecule has 3 N–H and O–H groups in total. The van der Waals surface area contributed by atoms with Crippen molar-refractivity contribution in [2.45, 2.75) is 5.66 Å². The second-order valence-corrected chi connectivity index (χ2v) is 8.61. The molecule has 9 heteroatoms. The van der Waals surface area contributed by atoms with Crippen LogP contribution in [0.2, 0.25) is 0 Å². The summed E-state index contributed by atoms with van der Waals surface area (Å²) in [6, 6.07) is 10.1. The van der Waals surface area contributed by atoms with Crippen molar-refractivity contribution in [2.24, 2.45) is 0 Å². The van der Waals surface area contributed by atoms with Gasteiger partial charge in [-0.1, -0.05) is 12.7 Å². The molecule has 0 saturated carbocycles. The number of aromatic nitrogens is 3. The molecule has 1 aromatic carbocycles. The molecule has 2 aliphatic rings. The van der Waals surface area contributed by atoms with Gasteiger partial charge in [0.05, 0.1) is 6.20 Å². The monoisotopic (exact) mass is 468 g/mol. The number of pyridine rings is 1. The maximum Gasteiger partial charge on any atom is 0.245 e. The molecular formula is C26H28N8O. The van der Waals surface area contributed by atoms with Gasteiger partial charge in [0.2, 0.25) is 11.9 Å². The predicted molar refractivity (Wildman–Crippen MR) is 138 cm³/mol. The summed E-state index contributed by atoms with van der Waals surface area (Å²) in [5, 5.41) is 9.52. The minimum atomic E-state index is -0.989. The molecule has 1 fully saturated rings. The SMILES string of the molecule is C=CC(=O)NC1(c2ccnc3cnc(Nc4ccc(N5CCN(C)CC5)cc4)nc23)C=CC=CN1. The number of allylic oxidation sites excluding steroid dienone is 2. The summed E-state index contributed by atoms with van der Waals surface area (Å²) in [7, 11) is 2.15. The van der Waals surface area contributed by atoms with E-state index in [-0.39, 0.29) is 5.91 Å². The lowest BCUT2D eigenvalue weighted by molar-refractivity contribution is -0.118. The quantitative estimate of drug-likeness (QED) is 0.475. The number of fused-ring (bicyclic) bond motifs is 1. The van der Waals surface area contributed by atoms with Gasteiger partial charge in [-0.25, -0.2) is 9.97 Å². The molecule has 1 unspecified atom stereocenters. The number of carbonyl (C=O) groups excluding carboxylic acids is 1. The van der Waals surface area contributed by atoms with Crippen LogP contribution in [0.15, 0.2) is 79.8 Å². The van der Waals surface area contributed by atoms with Crippen molar-refractivity contribution in [2.75, 3.05) is 43.4 Å². The first kappa shape index (κ1) is 22.5. The average molecular weight is 469 g/mol. The zero-order valence-corrected chi connectivity index (χ0v) is 19.6. The van der Waals surface area contributed by atoms with E-state index in [0.29, 0.717) is 17.0 Å². The van der Waals surface area contributed by atoms with Crippen molar-refractivity contribution in [3.05, 3.63) is 85.4 Å². The van der Waals surface area contributed by atoms with E-state index in [9.17, 15) is 4.79 Å². The summed E-state index contributed by atoms with van der Waals surface area (Å²) < 4.78 is 0. The van der Waals surface area contributed by atoms with Crippen molar-refractivity contribution in [1.29, 1.82) is 0 Å². The van der Waals surface area contributed by atoms with Crippen LogP contribution >= 0.6 is 0 Å². The molecule has 1 amide bonds. The van der Waals surface area contributed by atoms with E-state index in [1.807, 2.05) is 36.4 Å². The van der Waals surface area contributed by atoms with Gasteiger partial charge in [0.1, 0.15) is 11.0 Å². The number of dihydropyridines is 1. The lowest BCUT2D eigenvalue weighted by Gasteiger charge is -2.34. The van der Waals surface area contributed by atoms with E-state index >= 15 is 0 Å². The number of benzene rings is 1. The van der Waals surface area contributed by atoms with Crippen LogP contribution in [0.4, 0.5) is 17.3 Å². The van der Waals surface area contributed by atoms with Crippen LogP contribution in [0, 0.1) is 0 Å². The standard InChI is InChI=1S/C26H28N8O/c1-3-23(35)32-26(11-4-5-12-29-26)21-10-13-27-22-18-28-25(31-24(21)22)30-19-6-8-20(9-7-19)34-16-14-33(2)15-17-34/h3-13,18,29H,1,14-17H2,2H3,(H,32,35)(H,28,30,31). The summed E-state index contributed by atoms with van der Waals surface area (Å²) in [4.78, 5) is 30.6. The summed E-state index contributed by atoms with van der Waals surface area (Å²) >= 11 is 0. The van der Waals surface area contributed by atoms with Gasteiger partial charge in [0.25, 0.3) is 0 Å². The van der Waals surface area contributed by atoms with Crippen molar-refractivity contribution >= 4 is 34.3 Å². The van der Waals surface area contributed by atoms with Crippen molar-refractivity contribution in [3.63, 3.8) is 0 Å². The molecule has 1 saturated heterocycles. The van der Waals surface area contributed by atoms with Crippen LogP contribution in [0.3, 0.4) is 0 Å². The van der Waals surface area contributed by atoms with Gasteiger partial charge >= 0.3 is 0 Å². The summed E-state index contributed by atoms with van der Waals surface area (Å²) in [5.41, 5.74) is 3.09. The van der Waals surface area contributed by atoms with Crippen LogP contribution in [-0.4, -0.2) is 59.0 Å². The first-order chi connectivity index (χ1) is 17.1. The number of nitrogens with zero attached hydrogens (tertiary/aromatic N) is 5. The molecule has 9 nitrogen and oxygen atoms in total. The Kier molecular flexibility index (Phi) is 6.15. The van der Waals surface area contributed by atoms with E-state index < -0.39 is 5.66 Å². The fourth-order valence-electron chi connectivity index (χ4n) is 4.31. The molecule has 0 bridgehead atoms. The third kappa shape index (κ3) is 4.71. The van der Waals surface area contributed by atoms with Gasteiger partial charge in [-0.2, -0.15) is 0 Å². The lowest BCUT2D eigenvalue weighted by Crippen LogP contribution is -2.53. The van der Waals surface area contributed by atoms with Gasteiger partial charge in [0.15, 0.2) is 5.66 Å². The van der Waals surface area contributed by atoms with Crippen LogP contribution in [-0.2, 0) is 10.5 Å². The maximum absolute atomic E-state index is 12.3. The van der Waals surface area contributed by atoms with E-state index in [1.165, 1.54) is 11.8 Å². The van der Waals surface area contributed by atoms with Gasteiger partial charge < -0.3 is 25.8 Å². The number of rotatable bonds is 6. The highest BCUT2D eigenvalue weighted by Gasteiger charge is 2.33. The summed E-state index contributed by atoms with van der Waals surface area (Å²) in [6.07, 6.45) is 12.0. The van der Waals surface area contributed by atoms with Crippen molar-refractivity contribution < 1.29 is 4.79 Å². The number of carbonyl (C=O) groups is 1. The summed E-state index contributed by atoms with van der Waals surface area (Å²) in [5.74, 6) is 0.134. The molecule has 5 rings (SSSR count). The van der Waals surface area contributed by atoms with Crippen LogP contribution < -0.4 is 20.9 Å². The molecule has 1 atom stereocenters. The van der Waals surface area contributed by atoms with E-state index in [4.69, 9.17) is 4.98 Å². The topological polar surface area (TPSA) is 98.3 Å². The summed E-state index contributed by atoms with van der Waals surface area (Å²) in [6.45, 7) is 7.75. The van der Waals surface area contributed by atoms with Crippen LogP contribution in [0.1, 0.15) is 5.56 Å². The first-order valence-electron chi connectivity index (χ1n) is 11.6. The van der Waals surface area contributed by atoms with Crippen LogP contribution in [0.25, 0.3) is 11.0 Å². The zero-order chi connectivity index (χ0) is 24.3. The van der Waals surface area contributed by atoms with Gasteiger partial charge in [-0.05, 0) is 61.8 Å². The molecule has 0 aliphatic carbocycles. The van der Waals surface area contributed by atoms with Crippen molar-refractivity contribution in [1.82, 2.24) is 30.5 Å². The maximum atomic E-state index is 12.3. The highest BCUT2D eigenvalue weighted by Crippen LogP contribution is 2.29. The molecule has 178 valence electrons. The van der Waals surface area contributed by atoms with Crippen molar-refractivity contribution in [3.8, 4) is 0 Å². The molecule has 3 aromatic rings. The Morgan fingerprint density at radius 3 is 2.63 bits per heavy atom. The Morgan fingerprint density at radius 1 is 1.11 bits per heavy atom. The predicted octanol–water partition coefficient (Wildman–Crippen LogP) is 2.65. The molecule has 0 spiro atoms. The van der Waals surface area contributed by atoms with Gasteiger partial charge in [-0.3, -0.25) is 9.78 Å². The fraction of sp³-hybridized carbons (Fsp3) is 0.231. The number of piperazine rings is 1. The molecule has 0 radical (unpaired) electrons. The zero-order valence-electron chi connectivity index (χ0n) is 19.6. The van der Waals surface area contributed by atoms with Crippen LogP contribution in [0.5, 0.6) is 0 Å². The molecule has 35 heavy (non-hydrogen) atoms. The average Bonchev–Trinajstić information content (AvgIpc) is 2.90. The van der Waals surface area contributed by atoms with Gasteiger partial charge in [0, 0.05) is 49.3 Å². The number of amides is 1. The molecule has 2 aromatic heterocycles. The Balaban J connectivity index is 1.43. The molecular weight excluding hydrogens is 440 g/mol. The lowest BCUT2D eigenvalue weighted by atomic mass is 9.96. The highest BCUT2D eigenvalue weighted by atomic mass is 16.1. The third-order valence-corrected chi connectivity index (χ3v) is 6.27. The third-order valence-electron chi connectivity index (χ3n) is 6.27. The number of nitrogens with one attached hydrogen (secondary N) is 3. The number of hydrogen-bond acceptors (Lipinski definition) is 8. The number of likely N-dealkylation sites (N-methyl/N-ethyl adjacent to an activating group) is 1. The minimum Gasteiger partial charge on any atom is -0.369 e. The van der Waals surface area contributed by atoms with E-state index in [2.05, 4.69) is 61.5 Å². The first-order valence-corrected chi connectivity index (χ1v) is 11.6. The minimum absolute atomic E-state index is 0.310. The number of hydrogen-bond donors (Lipinski definition) is 3. The number of anilines is 3. The Hall–Kier alpha value is -4.24. The van der Waals surface area contributed by atoms with Gasteiger partial charge in [-0.15, -0.1) is 0 Å². The molecule has 4 heterocycles. The Labute approximate surface area is 204 Å². The Bertz CT molecular complexity index is 1290. The highest BCUT2D eigenvalue weighted by molar-refractivity contribution is 5.89. The smallest absolute Gasteiger partial charge is 0.245 e.